The van der Waals surface area contributed by atoms with Gasteiger partial charge in [0, 0.05) is 13.1 Å². The first-order chi connectivity index (χ1) is 9.23. The van der Waals surface area contributed by atoms with Crippen molar-refractivity contribution in [1.82, 2.24) is 4.90 Å². The number of likely N-dealkylation sites (tertiary alicyclic amines) is 1. The van der Waals surface area contributed by atoms with Crippen molar-refractivity contribution in [2.24, 2.45) is 11.1 Å². The summed E-state index contributed by atoms with van der Waals surface area (Å²) in [5.74, 6) is 0. The molecule has 0 radical (unpaired) electrons. The smallest absolute Gasteiger partial charge is 0.330 e. The van der Waals surface area contributed by atoms with Crippen LogP contribution in [-0.2, 0) is 12.7 Å². The van der Waals surface area contributed by atoms with Crippen LogP contribution in [0.4, 0.5) is 13.2 Å². The Morgan fingerprint density at radius 3 is 2.57 bits per heavy atom. The van der Waals surface area contributed by atoms with Crippen LogP contribution in [0.15, 0.2) is 18.2 Å². The van der Waals surface area contributed by atoms with Gasteiger partial charge in [0.2, 0.25) is 0 Å². The van der Waals surface area contributed by atoms with Crippen molar-refractivity contribution in [3.05, 3.63) is 34.3 Å². The molecule has 1 aliphatic heterocycles. The van der Waals surface area contributed by atoms with Crippen molar-refractivity contribution in [2.75, 3.05) is 19.6 Å². The van der Waals surface area contributed by atoms with Crippen LogP contribution >= 0.6 is 24.0 Å². The standard InChI is InChI=1S/C14H18ClF3N2.ClH/c1-13(8-19)4-5-20(9-13)7-10-2-3-12(15)11(6-10)14(16,17)18;/h2-3,6H,4-5,7-9,19H2,1H3;1H. The van der Waals surface area contributed by atoms with E-state index in [1.807, 2.05) is 0 Å². The number of rotatable bonds is 3. The van der Waals surface area contributed by atoms with Gasteiger partial charge in [0.05, 0.1) is 10.6 Å². The largest absolute Gasteiger partial charge is 0.417 e. The van der Waals surface area contributed by atoms with Crippen molar-refractivity contribution < 1.29 is 13.2 Å². The fourth-order valence-corrected chi connectivity index (χ4v) is 2.80. The summed E-state index contributed by atoms with van der Waals surface area (Å²) in [6.07, 6.45) is -3.44. The second-order valence-electron chi connectivity index (χ2n) is 5.79. The Bertz CT molecular complexity index is 494. The average Bonchev–Trinajstić information content (AvgIpc) is 2.73. The Hall–Kier alpha value is -0.490. The first-order valence-electron chi connectivity index (χ1n) is 6.52. The number of hydrogen-bond acceptors (Lipinski definition) is 2. The molecule has 1 heterocycles. The zero-order valence-corrected chi connectivity index (χ0v) is 13.3. The minimum Gasteiger partial charge on any atom is -0.330 e. The molecule has 1 fully saturated rings. The Balaban J connectivity index is 0.00000220. The van der Waals surface area contributed by atoms with E-state index < -0.39 is 11.7 Å². The van der Waals surface area contributed by atoms with E-state index in [1.54, 1.807) is 6.07 Å². The molecular formula is C14H19Cl2F3N2. The van der Waals surface area contributed by atoms with Gasteiger partial charge in [0.1, 0.15) is 0 Å². The van der Waals surface area contributed by atoms with E-state index in [0.717, 1.165) is 25.6 Å². The van der Waals surface area contributed by atoms with Gasteiger partial charge < -0.3 is 5.73 Å². The summed E-state index contributed by atoms with van der Waals surface area (Å²) in [6.45, 7) is 4.87. The van der Waals surface area contributed by atoms with Crippen LogP contribution in [0.3, 0.4) is 0 Å². The Labute approximate surface area is 133 Å². The van der Waals surface area contributed by atoms with Crippen LogP contribution in [0.5, 0.6) is 0 Å². The van der Waals surface area contributed by atoms with Gasteiger partial charge in [0.15, 0.2) is 0 Å². The summed E-state index contributed by atoms with van der Waals surface area (Å²) in [4.78, 5) is 2.14. The number of alkyl halides is 3. The Morgan fingerprint density at radius 2 is 2.05 bits per heavy atom. The van der Waals surface area contributed by atoms with Crippen LogP contribution in [0.2, 0.25) is 5.02 Å². The monoisotopic (exact) mass is 342 g/mol. The molecule has 0 bridgehead atoms. The van der Waals surface area contributed by atoms with E-state index in [1.165, 1.54) is 6.07 Å². The molecule has 1 saturated heterocycles. The summed E-state index contributed by atoms with van der Waals surface area (Å²) in [5, 5.41) is -0.255. The highest BCUT2D eigenvalue weighted by Gasteiger charge is 2.35. The topological polar surface area (TPSA) is 29.3 Å². The number of halogens is 5. The summed E-state index contributed by atoms with van der Waals surface area (Å²) in [6, 6.07) is 4.11. The molecule has 0 amide bonds. The van der Waals surface area contributed by atoms with Crippen LogP contribution in [0, 0.1) is 5.41 Å². The van der Waals surface area contributed by atoms with Gasteiger partial charge in [-0.3, -0.25) is 4.90 Å². The maximum atomic E-state index is 12.8. The lowest BCUT2D eigenvalue weighted by Crippen LogP contribution is -2.31. The number of nitrogens with zero attached hydrogens (tertiary/aromatic N) is 1. The third-order valence-electron chi connectivity index (χ3n) is 3.87. The molecule has 0 spiro atoms. The molecule has 1 unspecified atom stereocenters. The summed E-state index contributed by atoms with van der Waals surface area (Å²) < 4.78 is 38.4. The fourth-order valence-electron chi connectivity index (χ4n) is 2.57. The minimum absolute atomic E-state index is 0. The molecule has 0 aliphatic carbocycles. The molecule has 1 aliphatic rings. The van der Waals surface area contributed by atoms with Gasteiger partial charge >= 0.3 is 6.18 Å². The first kappa shape index (κ1) is 18.6. The summed E-state index contributed by atoms with van der Waals surface area (Å²) in [7, 11) is 0. The molecule has 1 aromatic carbocycles. The highest BCUT2D eigenvalue weighted by molar-refractivity contribution is 6.31. The normalized spacial score (nSPS) is 23.1. The van der Waals surface area contributed by atoms with Crippen LogP contribution < -0.4 is 5.73 Å². The second-order valence-corrected chi connectivity index (χ2v) is 6.19. The zero-order valence-electron chi connectivity index (χ0n) is 11.7. The van der Waals surface area contributed by atoms with Crippen molar-refractivity contribution in [2.45, 2.75) is 26.1 Å². The molecule has 2 N–H and O–H groups in total. The molecule has 0 saturated carbocycles. The van der Waals surface area contributed by atoms with E-state index in [2.05, 4.69) is 11.8 Å². The number of nitrogens with two attached hydrogens (primary N) is 1. The van der Waals surface area contributed by atoms with Crippen molar-refractivity contribution in [3.63, 3.8) is 0 Å². The van der Waals surface area contributed by atoms with E-state index in [9.17, 15) is 13.2 Å². The van der Waals surface area contributed by atoms with Crippen molar-refractivity contribution in [1.29, 1.82) is 0 Å². The summed E-state index contributed by atoms with van der Waals surface area (Å²) in [5.41, 5.74) is 5.66. The lowest BCUT2D eigenvalue weighted by molar-refractivity contribution is -0.137. The second kappa shape index (κ2) is 6.73. The summed E-state index contributed by atoms with van der Waals surface area (Å²) >= 11 is 5.62. The zero-order chi connectivity index (χ0) is 15.0. The molecule has 2 rings (SSSR count). The molecule has 21 heavy (non-hydrogen) atoms. The number of hydrogen-bond donors (Lipinski definition) is 1. The quantitative estimate of drug-likeness (QED) is 0.900. The Morgan fingerprint density at radius 1 is 1.38 bits per heavy atom. The van der Waals surface area contributed by atoms with Gasteiger partial charge in [-0.15, -0.1) is 12.4 Å². The SMILES string of the molecule is CC1(CN)CCN(Cc2ccc(Cl)c(C(F)(F)F)c2)C1.Cl. The molecule has 0 aromatic heterocycles. The Kier molecular flexibility index (Phi) is 5.95. The molecular weight excluding hydrogens is 324 g/mol. The lowest BCUT2D eigenvalue weighted by Gasteiger charge is -2.23. The predicted molar refractivity (Wildman–Crippen MR) is 80.8 cm³/mol. The molecule has 7 heteroatoms. The van der Waals surface area contributed by atoms with Crippen molar-refractivity contribution in [3.8, 4) is 0 Å². The van der Waals surface area contributed by atoms with Crippen molar-refractivity contribution >= 4 is 24.0 Å². The van der Waals surface area contributed by atoms with Gasteiger partial charge in [-0.2, -0.15) is 13.2 Å². The van der Waals surface area contributed by atoms with E-state index in [4.69, 9.17) is 17.3 Å². The highest BCUT2D eigenvalue weighted by atomic mass is 35.5. The lowest BCUT2D eigenvalue weighted by atomic mass is 9.90. The van der Waals surface area contributed by atoms with Gasteiger partial charge in [-0.05, 0) is 42.6 Å². The van der Waals surface area contributed by atoms with Gasteiger partial charge in [-0.25, -0.2) is 0 Å². The van der Waals surface area contributed by atoms with E-state index >= 15 is 0 Å². The minimum atomic E-state index is -4.41. The fraction of sp³-hybridized carbons (Fsp3) is 0.571. The maximum absolute atomic E-state index is 12.8. The van der Waals surface area contributed by atoms with Crippen LogP contribution in [0.1, 0.15) is 24.5 Å². The van der Waals surface area contributed by atoms with E-state index in [-0.39, 0.29) is 22.8 Å². The van der Waals surface area contributed by atoms with Crippen LogP contribution in [0.25, 0.3) is 0 Å². The third-order valence-corrected chi connectivity index (χ3v) is 4.20. The number of benzene rings is 1. The maximum Gasteiger partial charge on any atom is 0.417 e. The third kappa shape index (κ3) is 4.49. The highest BCUT2D eigenvalue weighted by Crippen LogP contribution is 2.36. The predicted octanol–water partition coefficient (Wildman–Crippen LogP) is 3.95. The first-order valence-corrected chi connectivity index (χ1v) is 6.89. The van der Waals surface area contributed by atoms with E-state index in [0.29, 0.717) is 18.7 Å². The average molecular weight is 343 g/mol. The molecule has 120 valence electrons. The van der Waals surface area contributed by atoms with Gasteiger partial charge in [0.25, 0.3) is 0 Å². The molecule has 1 aromatic rings. The molecule has 1 atom stereocenters. The van der Waals surface area contributed by atoms with Gasteiger partial charge in [-0.1, -0.05) is 24.6 Å². The van der Waals surface area contributed by atoms with Crippen LogP contribution in [-0.4, -0.2) is 24.5 Å². The molecule has 2 nitrogen and oxygen atoms in total.